The van der Waals surface area contributed by atoms with Crippen LogP contribution in [0.4, 0.5) is 0 Å². The second-order valence-electron chi connectivity index (χ2n) is 5.34. The van der Waals surface area contributed by atoms with E-state index in [0.29, 0.717) is 0 Å². The van der Waals surface area contributed by atoms with Crippen LogP contribution in [0.3, 0.4) is 0 Å². The molecule has 1 aliphatic heterocycles. The summed E-state index contributed by atoms with van der Waals surface area (Å²) in [5, 5.41) is 85.9. The summed E-state index contributed by atoms with van der Waals surface area (Å²) in [5.74, 6) is -1.58. The molecule has 11 heteroatoms. The molecule has 0 aliphatic carbocycles. The minimum atomic E-state index is -3.12. The van der Waals surface area contributed by atoms with Gasteiger partial charge in [-0.15, -0.1) is 0 Å². The lowest BCUT2D eigenvalue weighted by Crippen LogP contribution is -2.72. The predicted molar refractivity (Wildman–Crippen MR) is 69.9 cm³/mol. The van der Waals surface area contributed by atoms with E-state index in [2.05, 4.69) is 0 Å². The summed E-state index contributed by atoms with van der Waals surface area (Å²) in [6.45, 7) is -3.17. The van der Waals surface area contributed by atoms with Crippen molar-refractivity contribution >= 4 is 5.78 Å². The lowest BCUT2D eigenvalue weighted by Gasteiger charge is -2.47. The van der Waals surface area contributed by atoms with E-state index in [1.165, 1.54) is 0 Å². The second kappa shape index (κ2) is 7.90. The van der Waals surface area contributed by atoms with Gasteiger partial charge >= 0.3 is 0 Å². The van der Waals surface area contributed by atoms with Crippen LogP contribution >= 0.6 is 0 Å². The van der Waals surface area contributed by atoms with E-state index in [1.807, 2.05) is 0 Å². The van der Waals surface area contributed by atoms with Gasteiger partial charge in [0.05, 0.1) is 19.8 Å². The minimum absolute atomic E-state index is 0.858. The zero-order chi connectivity index (χ0) is 17.9. The van der Waals surface area contributed by atoms with Crippen LogP contribution in [0, 0.1) is 0 Å². The largest absolute Gasteiger partial charge is 0.394 e. The van der Waals surface area contributed by atoms with Gasteiger partial charge in [-0.3, -0.25) is 4.79 Å². The summed E-state index contributed by atoms with van der Waals surface area (Å²) >= 11 is 0. The highest BCUT2D eigenvalue weighted by Gasteiger charge is 2.59. The van der Waals surface area contributed by atoms with Gasteiger partial charge in [0.2, 0.25) is 5.78 Å². The maximum atomic E-state index is 12.1. The average molecular weight is 342 g/mol. The Hall–Kier alpha value is -0.730. The van der Waals surface area contributed by atoms with Crippen molar-refractivity contribution in [2.75, 3.05) is 19.8 Å². The minimum Gasteiger partial charge on any atom is -0.394 e. The fourth-order valence-electron chi connectivity index (χ4n) is 2.45. The number of ketones is 1. The molecule has 0 saturated carbocycles. The van der Waals surface area contributed by atoms with Gasteiger partial charge in [0.1, 0.15) is 42.7 Å². The SMILES string of the molecule is O=C([C@@H](O)CO)[C@](O)([C@H](O)CO)[C@@H]1O[C@H](CO)[C@H](O)[C@H](O)[C@H]1O. The monoisotopic (exact) mass is 342 g/mol. The third-order valence-corrected chi connectivity index (χ3v) is 3.88. The number of aliphatic hydroxyl groups is 9. The van der Waals surface area contributed by atoms with Crippen molar-refractivity contribution in [3.8, 4) is 0 Å². The Labute approximate surface area is 130 Å². The van der Waals surface area contributed by atoms with Gasteiger partial charge in [0.15, 0.2) is 5.60 Å². The van der Waals surface area contributed by atoms with E-state index >= 15 is 0 Å². The number of Topliss-reactive ketones (excluding diaryl/α,β-unsaturated/α-hetero) is 1. The highest BCUT2D eigenvalue weighted by atomic mass is 16.6. The fraction of sp³-hybridized carbons (Fsp3) is 0.917. The predicted octanol–water partition coefficient (Wildman–Crippen LogP) is -6.16. The van der Waals surface area contributed by atoms with Gasteiger partial charge in [0.25, 0.3) is 0 Å². The van der Waals surface area contributed by atoms with E-state index in [1.54, 1.807) is 0 Å². The van der Waals surface area contributed by atoms with Gasteiger partial charge in [-0.25, -0.2) is 0 Å². The summed E-state index contributed by atoms with van der Waals surface area (Å²) in [6.07, 6.45) is -13.9. The molecule has 8 atom stereocenters. The maximum Gasteiger partial charge on any atom is 0.200 e. The molecule has 0 radical (unpaired) electrons. The highest BCUT2D eigenvalue weighted by Crippen LogP contribution is 2.32. The first-order chi connectivity index (χ1) is 10.7. The van der Waals surface area contributed by atoms with Gasteiger partial charge in [-0.05, 0) is 0 Å². The Kier molecular flexibility index (Phi) is 6.97. The standard InChI is InChI=1S/C12H22O11/c13-1-4(16)10(21)12(22,6(17)3-15)11-9(20)8(19)7(18)5(2-14)23-11/h4-9,11,13-20,22H,1-3H2/t4-,5+,6+,7-,8-,9+,11+,12+/m0/s1. The van der Waals surface area contributed by atoms with Crippen LogP contribution in [0.1, 0.15) is 0 Å². The van der Waals surface area contributed by atoms with E-state index in [9.17, 15) is 35.4 Å². The Bertz CT molecular complexity index is 402. The van der Waals surface area contributed by atoms with E-state index in [0.717, 1.165) is 0 Å². The molecule has 0 spiro atoms. The lowest BCUT2D eigenvalue weighted by molar-refractivity contribution is -0.281. The van der Waals surface area contributed by atoms with Crippen LogP contribution in [0.5, 0.6) is 0 Å². The van der Waals surface area contributed by atoms with Crippen molar-refractivity contribution in [3.05, 3.63) is 0 Å². The van der Waals surface area contributed by atoms with Crippen LogP contribution in [-0.4, -0.2) is 120 Å². The summed E-state index contributed by atoms with van der Waals surface area (Å²) in [5.41, 5.74) is -3.12. The van der Waals surface area contributed by atoms with Crippen molar-refractivity contribution in [3.63, 3.8) is 0 Å². The second-order valence-corrected chi connectivity index (χ2v) is 5.34. The first-order valence-electron chi connectivity index (χ1n) is 6.81. The van der Waals surface area contributed by atoms with E-state index < -0.39 is 73.9 Å². The van der Waals surface area contributed by atoms with Crippen LogP contribution in [0.15, 0.2) is 0 Å². The van der Waals surface area contributed by atoms with Crippen molar-refractivity contribution in [2.24, 2.45) is 0 Å². The van der Waals surface area contributed by atoms with E-state index in [-0.39, 0.29) is 0 Å². The Balaban J connectivity index is 3.27. The average Bonchev–Trinajstić information content (AvgIpc) is 2.56. The van der Waals surface area contributed by atoms with Crippen LogP contribution in [0.2, 0.25) is 0 Å². The maximum absolute atomic E-state index is 12.1. The van der Waals surface area contributed by atoms with Crippen molar-refractivity contribution in [1.29, 1.82) is 0 Å². The zero-order valence-corrected chi connectivity index (χ0v) is 12.0. The molecule has 0 aromatic rings. The number of aliphatic hydroxyl groups excluding tert-OH is 8. The fourth-order valence-corrected chi connectivity index (χ4v) is 2.45. The normalized spacial score (nSPS) is 37.0. The molecular formula is C12H22O11. The smallest absolute Gasteiger partial charge is 0.200 e. The Morgan fingerprint density at radius 1 is 1.00 bits per heavy atom. The molecule has 0 aromatic carbocycles. The zero-order valence-electron chi connectivity index (χ0n) is 12.0. The molecule has 1 fully saturated rings. The topological polar surface area (TPSA) is 208 Å². The molecule has 23 heavy (non-hydrogen) atoms. The molecule has 11 nitrogen and oxygen atoms in total. The van der Waals surface area contributed by atoms with Crippen molar-refractivity contribution in [1.82, 2.24) is 0 Å². The van der Waals surface area contributed by atoms with Crippen LogP contribution in [-0.2, 0) is 9.53 Å². The van der Waals surface area contributed by atoms with Gasteiger partial charge in [0, 0.05) is 0 Å². The van der Waals surface area contributed by atoms with Crippen LogP contribution < -0.4 is 0 Å². The number of hydrogen-bond donors (Lipinski definition) is 9. The molecule has 0 aromatic heterocycles. The quantitative estimate of drug-likeness (QED) is 0.212. The third-order valence-electron chi connectivity index (χ3n) is 3.88. The number of carbonyl (C=O) groups excluding carboxylic acids is 1. The number of carbonyl (C=O) groups is 1. The molecule has 0 unspecified atom stereocenters. The first kappa shape index (κ1) is 20.3. The molecule has 1 aliphatic rings. The molecule has 1 rings (SSSR count). The number of hydrogen-bond acceptors (Lipinski definition) is 11. The highest BCUT2D eigenvalue weighted by molar-refractivity contribution is 5.92. The summed E-state index contributed by atoms with van der Waals surface area (Å²) in [6, 6.07) is 0. The molecule has 136 valence electrons. The summed E-state index contributed by atoms with van der Waals surface area (Å²) in [4.78, 5) is 12.1. The molecular weight excluding hydrogens is 320 g/mol. The van der Waals surface area contributed by atoms with Crippen molar-refractivity contribution < 1.29 is 55.5 Å². The lowest BCUT2D eigenvalue weighted by atomic mass is 9.77. The van der Waals surface area contributed by atoms with Gasteiger partial charge in [-0.2, -0.15) is 0 Å². The van der Waals surface area contributed by atoms with E-state index in [4.69, 9.17) is 20.1 Å². The molecule has 1 heterocycles. The van der Waals surface area contributed by atoms with Crippen LogP contribution in [0.25, 0.3) is 0 Å². The summed E-state index contributed by atoms with van der Waals surface area (Å²) in [7, 11) is 0. The molecule has 9 N–H and O–H groups in total. The van der Waals surface area contributed by atoms with Gasteiger partial charge < -0.3 is 50.7 Å². The van der Waals surface area contributed by atoms with Crippen molar-refractivity contribution in [2.45, 2.75) is 48.3 Å². The first-order valence-corrected chi connectivity index (χ1v) is 6.81. The third kappa shape index (κ3) is 3.53. The molecule has 0 bridgehead atoms. The number of ether oxygens (including phenoxy) is 1. The van der Waals surface area contributed by atoms with Gasteiger partial charge in [-0.1, -0.05) is 0 Å². The summed E-state index contributed by atoms with van der Waals surface area (Å²) < 4.78 is 4.99. The molecule has 1 saturated heterocycles. The Morgan fingerprint density at radius 2 is 1.57 bits per heavy atom. The molecule has 0 amide bonds. The Morgan fingerprint density at radius 3 is 2.00 bits per heavy atom. The number of rotatable bonds is 7.